The van der Waals surface area contributed by atoms with E-state index in [2.05, 4.69) is 21.3 Å². The third kappa shape index (κ3) is 3.46. The van der Waals surface area contributed by atoms with Crippen LogP contribution in [0.3, 0.4) is 0 Å². The lowest BCUT2D eigenvalue weighted by Crippen LogP contribution is -2.42. The monoisotopic (exact) mass is 327 g/mol. The number of carbonyl (C=O) groups excluding carboxylic acids is 1. The van der Waals surface area contributed by atoms with Crippen molar-refractivity contribution >= 4 is 17.2 Å². The van der Waals surface area contributed by atoms with Gasteiger partial charge in [0.15, 0.2) is 0 Å². The van der Waals surface area contributed by atoms with E-state index in [9.17, 15) is 4.79 Å². The third-order valence-electron chi connectivity index (χ3n) is 4.61. The molecule has 2 aliphatic rings. The molecule has 2 aromatic heterocycles. The van der Waals surface area contributed by atoms with Crippen LogP contribution in [0.2, 0.25) is 0 Å². The van der Waals surface area contributed by atoms with Gasteiger partial charge in [-0.25, -0.2) is 0 Å². The van der Waals surface area contributed by atoms with E-state index >= 15 is 0 Å². The molecule has 2 aromatic rings. The third-order valence-corrected chi connectivity index (χ3v) is 5.64. The summed E-state index contributed by atoms with van der Waals surface area (Å²) in [6, 6.07) is 8.52. The molecule has 0 spiro atoms. The fourth-order valence-electron chi connectivity index (χ4n) is 3.20. The average molecular weight is 327 g/mol. The summed E-state index contributed by atoms with van der Waals surface area (Å²) in [5, 5.41) is 2.16. The van der Waals surface area contributed by atoms with E-state index in [1.807, 2.05) is 34.4 Å². The number of rotatable bonds is 5. The molecular weight excluding hydrogens is 306 g/mol. The predicted molar refractivity (Wildman–Crippen MR) is 91.1 cm³/mol. The lowest BCUT2D eigenvalue weighted by molar-refractivity contribution is -0.133. The number of thiophene rings is 1. The molecule has 1 aliphatic carbocycles. The van der Waals surface area contributed by atoms with Gasteiger partial charge in [-0.3, -0.25) is 14.7 Å². The van der Waals surface area contributed by atoms with Crippen LogP contribution in [0.15, 0.2) is 35.8 Å². The van der Waals surface area contributed by atoms with Gasteiger partial charge in [-0.15, -0.1) is 11.3 Å². The maximum absolute atomic E-state index is 12.8. The maximum atomic E-state index is 12.8. The van der Waals surface area contributed by atoms with Crippen molar-refractivity contribution in [3.05, 3.63) is 52.0 Å². The summed E-state index contributed by atoms with van der Waals surface area (Å²) in [7, 11) is 0. The molecule has 1 amide bonds. The Kier molecular flexibility index (Phi) is 4.14. The molecule has 0 saturated heterocycles. The molecule has 0 atom stereocenters. The Morgan fingerprint density at radius 1 is 1.35 bits per heavy atom. The zero-order chi connectivity index (χ0) is 15.6. The predicted octanol–water partition coefficient (Wildman–Crippen LogP) is 2.69. The van der Waals surface area contributed by atoms with Gasteiger partial charge in [0.05, 0.1) is 18.8 Å². The number of pyridine rings is 1. The van der Waals surface area contributed by atoms with Crippen molar-refractivity contribution in [2.45, 2.75) is 38.4 Å². The fraction of sp³-hybridized carbons (Fsp3) is 0.444. The molecule has 23 heavy (non-hydrogen) atoms. The van der Waals surface area contributed by atoms with Crippen LogP contribution in [-0.4, -0.2) is 39.8 Å². The summed E-state index contributed by atoms with van der Waals surface area (Å²) in [5.74, 6) is 0.247. The Hall–Kier alpha value is -1.72. The highest BCUT2D eigenvalue weighted by Crippen LogP contribution is 2.29. The molecule has 1 fully saturated rings. The fourth-order valence-corrected chi connectivity index (χ4v) is 4.09. The van der Waals surface area contributed by atoms with Crippen molar-refractivity contribution in [1.29, 1.82) is 0 Å². The number of amides is 1. The summed E-state index contributed by atoms with van der Waals surface area (Å²) < 4.78 is 0. The Bertz CT molecular complexity index is 681. The van der Waals surface area contributed by atoms with Crippen molar-refractivity contribution in [3.63, 3.8) is 0 Å². The zero-order valence-electron chi connectivity index (χ0n) is 13.1. The molecule has 5 heteroatoms. The first-order chi connectivity index (χ1) is 11.3. The second kappa shape index (κ2) is 6.42. The van der Waals surface area contributed by atoms with Crippen LogP contribution in [-0.2, 0) is 24.3 Å². The van der Waals surface area contributed by atoms with E-state index in [1.165, 1.54) is 10.4 Å². The summed E-state index contributed by atoms with van der Waals surface area (Å²) >= 11 is 1.84. The van der Waals surface area contributed by atoms with E-state index in [-0.39, 0.29) is 5.91 Å². The molecule has 3 heterocycles. The van der Waals surface area contributed by atoms with Gasteiger partial charge in [0.1, 0.15) is 0 Å². The number of nitrogens with zero attached hydrogens (tertiary/aromatic N) is 3. The van der Waals surface area contributed by atoms with Crippen LogP contribution >= 0.6 is 11.3 Å². The first-order valence-corrected chi connectivity index (χ1v) is 9.14. The van der Waals surface area contributed by atoms with Gasteiger partial charge < -0.3 is 4.90 Å². The minimum absolute atomic E-state index is 0.247. The van der Waals surface area contributed by atoms with Crippen LogP contribution < -0.4 is 0 Å². The van der Waals surface area contributed by atoms with Crippen molar-refractivity contribution < 1.29 is 4.79 Å². The number of hydrogen-bond donors (Lipinski definition) is 0. The second-order valence-corrected chi connectivity index (χ2v) is 7.40. The average Bonchev–Trinajstić information content (AvgIpc) is 3.30. The summed E-state index contributed by atoms with van der Waals surface area (Å²) in [5.41, 5.74) is 2.38. The largest absolute Gasteiger partial charge is 0.333 e. The molecule has 0 aromatic carbocycles. The van der Waals surface area contributed by atoms with Gasteiger partial charge in [-0.2, -0.15) is 0 Å². The molecule has 4 nitrogen and oxygen atoms in total. The van der Waals surface area contributed by atoms with Crippen LogP contribution in [0.25, 0.3) is 0 Å². The molecule has 120 valence electrons. The zero-order valence-corrected chi connectivity index (χ0v) is 14.0. The van der Waals surface area contributed by atoms with Crippen LogP contribution in [0.4, 0.5) is 0 Å². The van der Waals surface area contributed by atoms with Crippen LogP contribution in [0, 0.1) is 0 Å². The minimum atomic E-state index is 0.247. The topological polar surface area (TPSA) is 36.4 Å². The molecule has 0 unspecified atom stereocenters. The van der Waals surface area contributed by atoms with E-state index < -0.39 is 0 Å². The summed E-state index contributed by atoms with van der Waals surface area (Å²) in [6.07, 6.45) is 5.14. The van der Waals surface area contributed by atoms with E-state index in [0.717, 1.165) is 38.0 Å². The Morgan fingerprint density at radius 2 is 2.26 bits per heavy atom. The first kappa shape index (κ1) is 14.8. The highest BCUT2D eigenvalue weighted by atomic mass is 32.1. The molecule has 0 bridgehead atoms. The quantitative estimate of drug-likeness (QED) is 0.847. The Labute approximate surface area is 140 Å². The summed E-state index contributed by atoms with van der Waals surface area (Å²) in [4.78, 5) is 23.0. The number of hydrogen-bond acceptors (Lipinski definition) is 4. The van der Waals surface area contributed by atoms with E-state index in [1.54, 1.807) is 6.20 Å². The van der Waals surface area contributed by atoms with Gasteiger partial charge in [-0.1, -0.05) is 6.07 Å². The molecule has 1 saturated carbocycles. The van der Waals surface area contributed by atoms with Crippen molar-refractivity contribution in [2.24, 2.45) is 0 Å². The molecule has 0 radical (unpaired) electrons. The highest BCUT2D eigenvalue weighted by molar-refractivity contribution is 7.10. The number of fused-ring (bicyclic) bond motifs is 1. The second-order valence-electron chi connectivity index (χ2n) is 6.40. The van der Waals surface area contributed by atoms with Crippen molar-refractivity contribution in [2.75, 3.05) is 13.1 Å². The normalized spacial score (nSPS) is 17.7. The van der Waals surface area contributed by atoms with Crippen LogP contribution in [0.1, 0.15) is 29.0 Å². The molecule has 4 rings (SSSR count). The number of carbonyl (C=O) groups is 1. The summed E-state index contributed by atoms with van der Waals surface area (Å²) in [6.45, 7) is 3.06. The standard InChI is InChI=1S/C18H21N3OS/c22-18(13-20-9-6-17-14(11-20)7-10-23-17)21(16-4-5-16)12-15-3-1-2-8-19-15/h1-3,7-8,10,16H,4-6,9,11-13H2. The van der Waals surface area contributed by atoms with Crippen LogP contribution in [0.5, 0.6) is 0 Å². The van der Waals surface area contributed by atoms with Crippen molar-refractivity contribution in [1.82, 2.24) is 14.8 Å². The molecule has 1 aliphatic heterocycles. The SMILES string of the molecule is O=C(CN1CCc2sccc2C1)N(Cc1ccccn1)C1CC1. The van der Waals surface area contributed by atoms with Gasteiger partial charge in [0.2, 0.25) is 5.91 Å². The van der Waals surface area contributed by atoms with E-state index in [4.69, 9.17) is 0 Å². The Morgan fingerprint density at radius 3 is 3.04 bits per heavy atom. The Balaban J connectivity index is 1.40. The number of aromatic nitrogens is 1. The maximum Gasteiger partial charge on any atom is 0.237 e. The van der Waals surface area contributed by atoms with E-state index in [0.29, 0.717) is 19.1 Å². The van der Waals surface area contributed by atoms with Crippen molar-refractivity contribution in [3.8, 4) is 0 Å². The highest BCUT2D eigenvalue weighted by Gasteiger charge is 2.33. The lowest BCUT2D eigenvalue weighted by Gasteiger charge is -2.29. The van der Waals surface area contributed by atoms with Gasteiger partial charge >= 0.3 is 0 Å². The van der Waals surface area contributed by atoms with Gasteiger partial charge in [0, 0.05) is 30.2 Å². The molecule has 0 N–H and O–H groups in total. The first-order valence-electron chi connectivity index (χ1n) is 8.26. The lowest BCUT2D eigenvalue weighted by atomic mass is 10.1. The smallest absolute Gasteiger partial charge is 0.237 e. The molecular formula is C18H21N3OS. The van der Waals surface area contributed by atoms with Gasteiger partial charge in [-0.05, 0) is 48.4 Å². The van der Waals surface area contributed by atoms with Gasteiger partial charge in [0.25, 0.3) is 0 Å². The minimum Gasteiger partial charge on any atom is -0.333 e.